The minimum absolute atomic E-state index is 0. The topological polar surface area (TPSA) is 18.5 Å². The largest absolute Gasteiger partial charge is 1.00 e. The molecule has 0 radical (unpaired) electrons. The van der Waals surface area contributed by atoms with Crippen molar-refractivity contribution in [1.82, 2.24) is 0 Å². The van der Waals surface area contributed by atoms with Crippen molar-refractivity contribution in [3.8, 4) is 0 Å². The van der Waals surface area contributed by atoms with Crippen LogP contribution in [0.25, 0.3) is 0 Å². The van der Waals surface area contributed by atoms with Crippen molar-refractivity contribution < 1.29 is 28.2 Å². The van der Waals surface area contributed by atoms with Crippen LogP contribution in [0, 0.1) is 0 Å². The third kappa shape index (κ3) is 3.17. The minimum Gasteiger partial charge on any atom is -0.558 e. The van der Waals surface area contributed by atoms with Crippen LogP contribution < -0.4 is 24.3 Å². The van der Waals surface area contributed by atoms with Crippen molar-refractivity contribution in [3.05, 3.63) is 30.3 Å². The fourth-order valence-corrected chi connectivity index (χ4v) is 2.90. The molecule has 1 fully saturated rings. The van der Waals surface area contributed by atoms with Gasteiger partial charge in [-0.15, -0.1) is 6.32 Å². The van der Waals surface area contributed by atoms with E-state index in [0.717, 1.165) is 19.2 Å². The first-order valence-corrected chi connectivity index (χ1v) is 7.44. The molecule has 1 heterocycles. The summed E-state index contributed by atoms with van der Waals surface area (Å²) in [5.74, 6) is 0. The van der Waals surface area contributed by atoms with Crippen molar-refractivity contribution in [2.75, 3.05) is 0 Å². The Morgan fingerprint density at radius 1 is 0.950 bits per heavy atom. The van der Waals surface area contributed by atoms with Crippen LogP contribution in [0.4, 0.5) is 0 Å². The van der Waals surface area contributed by atoms with E-state index in [1.165, 1.54) is 5.46 Å². The zero-order chi connectivity index (χ0) is 14.1. The molecule has 0 N–H and O–H groups in total. The summed E-state index contributed by atoms with van der Waals surface area (Å²) >= 11 is 0. The van der Waals surface area contributed by atoms with Gasteiger partial charge in [0.1, 0.15) is 0 Å². The van der Waals surface area contributed by atoms with E-state index in [1.807, 2.05) is 6.07 Å². The maximum Gasteiger partial charge on any atom is 1.00 e. The van der Waals surface area contributed by atoms with Crippen LogP contribution in [-0.2, 0) is 9.31 Å². The zero-order valence-corrected chi connectivity index (χ0v) is 13.9. The third-order valence-corrected chi connectivity index (χ3v) is 4.67. The first-order valence-electron chi connectivity index (χ1n) is 7.44. The molecule has 0 unspecified atom stereocenters. The van der Waals surface area contributed by atoms with Crippen molar-refractivity contribution in [2.24, 2.45) is 0 Å². The van der Waals surface area contributed by atoms with E-state index in [4.69, 9.17) is 9.31 Å². The predicted octanol–water partition coefficient (Wildman–Crippen LogP) is 0.744. The molecule has 2 rings (SSSR count). The maximum absolute atomic E-state index is 6.48. The summed E-state index contributed by atoms with van der Waals surface area (Å²) in [6, 6.07) is 10.4. The second-order valence-electron chi connectivity index (χ2n) is 6.68. The summed E-state index contributed by atoms with van der Waals surface area (Å²) in [5, 5.41) is 0. The summed E-state index contributed by atoms with van der Waals surface area (Å²) in [7, 11) is 0. The Labute approximate surface area is 135 Å². The van der Waals surface area contributed by atoms with E-state index in [1.54, 1.807) is 0 Å². The fraction of sp³-hybridized carbons (Fsp3) is 0.625. The number of unbranched alkanes of at least 4 members (excludes halogenated alkanes) is 1. The van der Waals surface area contributed by atoms with Gasteiger partial charge in [-0.1, -0.05) is 50.1 Å². The molecule has 1 aliphatic heterocycles. The molecule has 20 heavy (non-hydrogen) atoms. The summed E-state index contributed by atoms with van der Waals surface area (Å²) in [6.45, 7) is 9.37. The summed E-state index contributed by atoms with van der Waals surface area (Å²) < 4.78 is 13.0. The van der Waals surface area contributed by atoms with Gasteiger partial charge in [0.15, 0.2) is 0 Å². The van der Waals surface area contributed by atoms with E-state index < -0.39 is 6.55 Å². The Morgan fingerprint density at radius 2 is 1.45 bits per heavy atom. The SMILES string of the molecule is CCCC[B-]1(c2ccccc2)OC(C)(C)C(C)(C)O1.[Li+]. The van der Waals surface area contributed by atoms with Crippen LogP contribution >= 0.6 is 0 Å². The van der Waals surface area contributed by atoms with Crippen LogP contribution in [0.3, 0.4) is 0 Å². The smallest absolute Gasteiger partial charge is 0.558 e. The molecule has 0 saturated carbocycles. The molecule has 0 bridgehead atoms. The van der Waals surface area contributed by atoms with Gasteiger partial charge in [0, 0.05) is 11.2 Å². The van der Waals surface area contributed by atoms with Gasteiger partial charge in [-0.3, -0.25) is 0 Å². The Balaban J connectivity index is 0.00000200. The second kappa shape index (κ2) is 6.28. The summed E-state index contributed by atoms with van der Waals surface area (Å²) in [6.07, 6.45) is 3.25. The van der Waals surface area contributed by atoms with Crippen molar-refractivity contribution >= 4 is 12.0 Å². The molecule has 1 aromatic carbocycles. The van der Waals surface area contributed by atoms with Gasteiger partial charge in [0.25, 0.3) is 6.55 Å². The van der Waals surface area contributed by atoms with Gasteiger partial charge in [-0.05, 0) is 27.7 Å². The average Bonchev–Trinajstić information content (AvgIpc) is 2.55. The van der Waals surface area contributed by atoms with E-state index in [2.05, 4.69) is 58.9 Å². The Morgan fingerprint density at radius 3 is 1.90 bits per heavy atom. The van der Waals surface area contributed by atoms with Crippen LogP contribution in [0.15, 0.2) is 30.3 Å². The van der Waals surface area contributed by atoms with E-state index in [9.17, 15) is 0 Å². The Hall–Kier alpha value is -0.198. The van der Waals surface area contributed by atoms with Crippen LogP contribution in [0.1, 0.15) is 47.5 Å². The first kappa shape index (κ1) is 17.9. The minimum atomic E-state index is -1.36. The molecule has 2 nitrogen and oxygen atoms in total. The van der Waals surface area contributed by atoms with Crippen LogP contribution in [0.2, 0.25) is 6.32 Å². The number of hydrogen-bond acceptors (Lipinski definition) is 2. The first-order chi connectivity index (χ1) is 8.83. The molecular formula is C16H26BLiO2. The van der Waals surface area contributed by atoms with Crippen LogP contribution in [-0.4, -0.2) is 17.8 Å². The van der Waals surface area contributed by atoms with Gasteiger partial charge in [0.05, 0.1) is 0 Å². The normalized spacial score (nSPS) is 22.2. The number of hydrogen-bond donors (Lipinski definition) is 0. The van der Waals surface area contributed by atoms with Crippen molar-refractivity contribution in [3.63, 3.8) is 0 Å². The molecule has 0 aromatic heterocycles. The molecule has 4 heteroatoms. The van der Waals surface area contributed by atoms with Crippen molar-refractivity contribution in [1.29, 1.82) is 0 Å². The van der Waals surface area contributed by atoms with Gasteiger partial charge in [0.2, 0.25) is 0 Å². The quantitative estimate of drug-likeness (QED) is 0.750. The molecule has 1 aromatic rings. The van der Waals surface area contributed by atoms with Gasteiger partial charge in [-0.2, -0.15) is 5.46 Å². The summed E-state index contributed by atoms with van der Waals surface area (Å²) in [5.41, 5.74) is 0.655. The van der Waals surface area contributed by atoms with Gasteiger partial charge >= 0.3 is 18.9 Å². The third-order valence-electron chi connectivity index (χ3n) is 4.67. The molecule has 0 atom stereocenters. The zero-order valence-electron chi connectivity index (χ0n) is 13.9. The van der Waals surface area contributed by atoms with E-state index in [-0.39, 0.29) is 30.1 Å². The summed E-state index contributed by atoms with van der Waals surface area (Å²) in [4.78, 5) is 0. The van der Waals surface area contributed by atoms with Crippen molar-refractivity contribution in [2.45, 2.75) is 65.0 Å². The monoisotopic (exact) mass is 268 g/mol. The molecular weight excluding hydrogens is 242 g/mol. The standard InChI is InChI=1S/C16H26BO2.Li/c1-6-7-13-17(14-11-9-8-10-12-14)18-15(2,3)16(4,5)19-17;/h8-12H,6-7,13H2,1-5H3;/q-1;+1. The van der Waals surface area contributed by atoms with Gasteiger partial charge < -0.3 is 9.31 Å². The molecule has 0 amide bonds. The molecule has 106 valence electrons. The number of benzene rings is 1. The molecule has 0 aliphatic carbocycles. The van der Waals surface area contributed by atoms with Crippen LogP contribution in [0.5, 0.6) is 0 Å². The second-order valence-corrected chi connectivity index (χ2v) is 6.68. The van der Waals surface area contributed by atoms with Gasteiger partial charge in [-0.25, -0.2) is 0 Å². The molecule has 0 spiro atoms. The molecule has 1 aliphatic rings. The molecule has 1 saturated heterocycles. The Kier molecular flexibility index (Phi) is 5.61. The van der Waals surface area contributed by atoms with E-state index >= 15 is 0 Å². The maximum atomic E-state index is 6.48. The predicted molar refractivity (Wildman–Crippen MR) is 81.9 cm³/mol. The fourth-order valence-electron chi connectivity index (χ4n) is 2.90. The average molecular weight is 268 g/mol. The Bertz CT molecular complexity index is 415. The van der Waals surface area contributed by atoms with E-state index in [0.29, 0.717) is 0 Å². The number of rotatable bonds is 4.